The third-order valence-corrected chi connectivity index (χ3v) is 2.60. The summed E-state index contributed by atoms with van der Waals surface area (Å²) in [5.74, 6) is 0.565. The molecule has 0 spiro atoms. The maximum atomic E-state index is 11.8. The van der Waals surface area contributed by atoms with Gasteiger partial charge in [-0.1, -0.05) is 6.07 Å². The van der Waals surface area contributed by atoms with Gasteiger partial charge in [-0.3, -0.25) is 0 Å². The van der Waals surface area contributed by atoms with Gasteiger partial charge in [-0.15, -0.1) is 11.6 Å². The lowest BCUT2D eigenvalue weighted by Crippen LogP contribution is -2.12. The highest BCUT2D eigenvalue weighted by Gasteiger charge is 2.22. The summed E-state index contributed by atoms with van der Waals surface area (Å²) in [5.41, 5.74) is 0.963. The summed E-state index contributed by atoms with van der Waals surface area (Å²) in [4.78, 5) is 11.8. The Balaban J connectivity index is 3.37. The normalized spacial score (nSPS) is 10.3. The van der Waals surface area contributed by atoms with Crippen molar-refractivity contribution >= 4 is 17.6 Å². The van der Waals surface area contributed by atoms with Gasteiger partial charge in [0.2, 0.25) is 0 Å². The zero-order valence-corrected chi connectivity index (χ0v) is 11.7. The van der Waals surface area contributed by atoms with Gasteiger partial charge in [0, 0.05) is 5.88 Å². The molecule has 0 radical (unpaired) electrons. The summed E-state index contributed by atoms with van der Waals surface area (Å²) in [7, 11) is 2.79. The second-order valence-electron chi connectivity index (χ2n) is 3.92. The van der Waals surface area contributed by atoms with Gasteiger partial charge in [0.15, 0.2) is 11.5 Å². The smallest absolute Gasteiger partial charge is 0.342 e. The van der Waals surface area contributed by atoms with Gasteiger partial charge in [-0.25, -0.2) is 4.79 Å². The molecular weight excluding hydrogens is 256 g/mol. The highest BCUT2D eigenvalue weighted by molar-refractivity contribution is 6.17. The predicted octanol–water partition coefficient (Wildman–Crippen LogP) is 3.01. The molecule has 0 N–H and O–H groups in total. The van der Waals surface area contributed by atoms with Crippen LogP contribution in [0.4, 0.5) is 0 Å². The number of hydrogen-bond donors (Lipinski definition) is 0. The lowest BCUT2D eigenvalue weighted by molar-refractivity contribution is 0.0594. The summed E-state index contributed by atoms with van der Waals surface area (Å²) >= 11 is 5.82. The second-order valence-corrected chi connectivity index (χ2v) is 4.19. The fraction of sp³-hybridized carbons (Fsp3) is 0.462. The molecule has 0 aliphatic carbocycles. The molecule has 1 rings (SSSR count). The fourth-order valence-electron chi connectivity index (χ4n) is 1.59. The van der Waals surface area contributed by atoms with Gasteiger partial charge in [0.25, 0.3) is 0 Å². The fourth-order valence-corrected chi connectivity index (χ4v) is 1.81. The first-order chi connectivity index (χ1) is 8.54. The minimum atomic E-state index is -0.489. The molecule has 4 nitrogen and oxygen atoms in total. The summed E-state index contributed by atoms with van der Waals surface area (Å²) in [6.45, 7) is 3.79. The third-order valence-electron chi connectivity index (χ3n) is 2.31. The van der Waals surface area contributed by atoms with Crippen molar-refractivity contribution in [2.75, 3.05) is 14.2 Å². The quantitative estimate of drug-likeness (QED) is 0.611. The molecule has 5 heteroatoms. The number of carbonyl (C=O) groups excluding carboxylic acids is 1. The Morgan fingerprint density at radius 1 is 1.33 bits per heavy atom. The Bertz CT molecular complexity index is 429. The molecule has 1 aromatic carbocycles. The van der Waals surface area contributed by atoms with E-state index in [4.69, 9.17) is 25.8 Å². The second kappa shape index (κ2) is 6.50. The first-order valence-electron chi connectivity index (χ1n) is 5.55. The predicted molar refractivity (Wildman–Crippen MR) is 69.7 cm³/mol. The molecule has 0 amide bonds. The minimum Gasteiger partial charge on any atom is -0.492 e. The van der Waals surface area contributed by atoms with E-state index in [9.17, 15) is 4.79 Å². The van der Waals surface area contributed by atoms with Crippen LogP contribution in [0.3, 0.4) is 0 Å². The van der Waals surface area contributed by atoms with E-state index >= 15 is 0 Å². The van der Waals surface area contributed by atoms with Crippen LogP contribution in [0, 0.1) is 0 Å². The van der Waals surface area contributed by atoms with Crippen molar-refractivity contribution in [3.8, 4) is 11.5 Å². The van der Waals surface area contributed by atoms with Crippen molar-refractivity contribution in [1.29, 1.82) is 0 Å². The van der Waals surface area contributed by atoms with Crippen molar-refractivity contribution < 1.29 is 19.0 Å². The molecule has 0 aliphatic heterocycles. The van der Waals surface area contributed by atoms with Crippen LogP contribution in [0.25, 0.3) is 0 Å². The third kappa shape index (κ3) is 3.07. The van der Waals surface area contributed by atoms with E-state index in [0.29, 0.717) is 22.6 Å². The highest BCUT2D eigenvalue weighted by Crippen LogP contribution is 2.35. The zero-order chi connectivity index (χ0) is 13.7. The largest absolute Gasteiger partial charge is 0.492 e. The van der Waals surface area contributed by atoms with E-state index in [0.717, 1.165) is 0 Å². The lowest BCUT2D eigenvalue weighted by Gasteiger charge is -2.17. The summed E-state index contributed by atoms with van der Waals surface area (Å²) in [6.07, 6.45) is -0.0220. The Hall–Kier alpha value is -1.42. The molecular formula is C13H17ClO4. The van der Waals surface area contributed by atoms with E-state index in [-0.39, 0.29) is 12.0 Å². The molecule has 0 saturated heterocycles. The summed E-state index contributed by atoms with van der Waals surface area (Å²) < 4.78 is 15.6. The summed E-state index contributed by atoms with van der Waals surface area (Å²) in [5, 5.41) is 0. The van der Waals surface area contributed by atoms with Gasteiger partial charge in [0.05, 0.1) is 20.3 Å². The van der Waals surface area contributed by atoms with Crippen molar-refractivity contribution in [3.05, 3.63) is 23.3 Å². The number of ether oxygens (including phenoxy) is 3. The van der Waals surface area contributed by atoms with E-state index in [1.165, 1.54) is 14.2 Å². The zero-order valence-electron chi connectivity index (χ0n) is 11.0. The SMILES string of the molecule is COC(=O)c1c(CCl)ccc(OC(C)C)c1OC. The van der Waals surface area contributed by atoms with Crippen molar-refractivity contribution in [1.82, 2.24) is 0 Å². The molecule has 0 atom stereocenters. The van der Waals surface area contributed by atoms with Crippen molar-refractivity contribution in [2.24, 2.45) is 0 Å². The number of esters is 1. The average Bonchev–Trinajstić information content (AvgIpc) is 2.36. The molecule has 1 aromatic rings. The summed E-state index contributed by atoms with van der Waals surface area (Å²) in [6, 6.07) is 3.47. The van der Waals surface area contributed by atoms with Gasteiger partial charge < -0.3 is 14.2 Å². The Morgan fingerprint density at radius 2 is 2.00 bits per heavy atom. The van der Waals surface area contributed by atoms with E-state index in [1.807, 2.05) is 13.8 Å². The van der Waals surface area contributed by atoms with Gasteiger partial charge >= 0.3 is 5.97 Å². The number of benzene rings is 1. The highest BCUT2D eigenvalue weighted by atomic mass is 35.5. The number of alkyl halides is 1. The first-order valence-corrected chi connectivity index (χ1v) is 6.09. The number of carbonyl (C=O) groups is 1. The van der Waals surface area contributed by atoms with E-state index in [1.54, 1.807) is 12.1 Å². The molecule has 0 fully saturated rings. The number of methoxy groups -OCH3 is 2. The molecule has 18 heavy (non-hydrogen) atoms. The Morgan fingerprint density at radius 3 is 2.44 bits per heavy atom. The average molecular weight is 273 g/mol. The lowest BCUT2D eigenvalue weighted by atomic mass is 10.1. The standard InChI is InChI=1S/C13H17ClO4/c1-8(2)18-10-6-5-9(7-14)11(12(10)16-3)13(15)17-4/h5-6,8H,7H2,1-4H3. The molecule has 0 unspecified atom stereocenters. The van der Waals surface area contributed by atoms with Crippen LogP contribution in [0.15, 0.2) is 12.1 Å². The van der Waals surface area contributed by atoms with Gasteiger partial charge in [-0.2, -0.15) is 0 Å². The number of rotatable bonds is 5. The van der Waals surface area contributed by atoms with Crippen LogP contribution in [0.5, 0.6) is 11.5 Å². The maximum Gasteiger partial charge on any atom is 0.342 e. The van der Waals surface area contributed by atoms with E-state index in [2.05, 4.69) is 0 Å². The first kappa shape index (κ1) is 14.6. The molecule has 100 valence electrons. The molecule has 0 heterocycles. The van der Waals surface area contributed by atoms with Crippen LogP contribution in [0.2, 0.25) is 0 Å². The molecule has 0 aliphatic rings. The van der Waals surface area contributed by atoms with Crippen LogP contribution >= 0.6 is 11.6 Å². The van der Waals surface area contributed by atoms with Gasteiger partial charge in [0.1, 0.15) is 5.56 Å². The topological polar surface area (TPSA) is 44.8 Å². The van der Waals surface area contributed by atoms with Crippen LogP contribution in [-0.4, -0.2) is 26.3 Å². The van der Waals surface area contributed by atoms with Crippen LogP contribution in [0.1, 0.15) is 29.8 Å². The molecule has 0 saturated carbocycles. The maximum absolute atomic E-state index is 11.8. The Kier molecular flexibility index (Phi) is 5.28. The van der Waals surface area contributed by atoms with Crippen LogP contribution in [-0.2, 0) is 10.6 Å². The number of hydrogen-bond acceptors (Lipinski definition) is 4. The minimum absolute atomic E-state index is 0.0220. The molecule has 0 aromatic heterocycles. The van der Waals surface area contributed by atoms with Crippen LogP contribution < -0.4 is 9.47 Å². The molecule has 0 bridgehead atoms. The van der Waals surface area contributed by atoms with Crippen molar-refractivity contribution in [3.63, 3.8) is 0 Å². The van der Waals surface area contributed by atoms with Crippen molar-refractivity contribution in [2.45, 2.75) is 25.8 Å². The number of halogens is 1. The monoisotopic (exact) mass is 272 g/mol. The van der Waals surface area contributed by atoms with E-state index < -0.39 is 5.97 Å². The van der Waals surface area contributed by atoms with Gasteiger partial charge in [-0.05, 0) is 25.5 Å². The Labute approximate surface area is 112 Å².